The van der Waals surface area contributed by atoms with Gasteiger partial charge < -0.3 is 5.32 Å². The maximum atomic E-state index is 3.34. The average Bonchev–Trinajstić information content (AvgIpc) is 2.33. The van der Waals surface area contributed by atoms with E-state index >= 15 is 0 Å². The highest BCUT2D eigenvalue weighted by atomic mass is 35.5. The van der Waals surface area contributed by atoms with Crippen LogP contribution in [0.5, 0.6) is 0 Å². The minimum absolute atomic E-state index is 0. The summed E-state index contributed by atoms with van der Waals surface area (Å²) in [5.41, 5.74) is 3.18. The van der Waals surface area contributed by atoms with E-state index in [1.54, 1.807) is 11.1 Å². The van der Waals surface area contributed by atoms with Gasteiger partial charge in [-0.05, 0) is 18.4 Å². The molecule has 0 fully saturated rings. The maximum Gasteiger partial charge on any atom is 0.0208 e. The van der Waals surface area contributed by atoms with Gasteiger partial charge in [-0.3, -0.25) is 0 Å². The molecule has 0 aromatic carbocycles. The van der Waals surface area contributed by atoms with E-state index in [-0.39, 0.29) is 12.4 Å². The molecule has 2 aliphatic rings. The van der Waals surface area contributed by atoms with Crippen LogP contribution in [0.1, 0.15) is 12.8 Å². The Labute approximate surface area is 67.6 Å². The Morgan fingerprint density at radius 3 is 3.00 bits per heavy atom. The largest absolute Gasteiger partial charge is 0.309 e. The standard InChI is InChI=1S/C8H11N.ClH/c1-2-4-8-6-9-5-7(8)3-1;/h1,3,9H,2,4-6H2;1H. The van der Waals surface area contributed by atoms with Gasteiger partial charge in [0.15, 0.2) is 0 Å². The van der Waals surface area contributed by atoms with Crippen molar-refractivity contribution in [2.45, 2.75) is 12.8 Å². The van der Waals surface area contributed by atoms with E-state index in [0.717, 1.165) is 13.1 Å². The Balaban J connectivity index is 0.000000500. The second-order valence-electron chi connectivity index (χ2n) is 2.67. The predicted octanol–water partition coefficient (Wildman–Crippen LogP) is 1.66. The van der Waals surface area contributed by atoms with Gasteiger partial charge in [-0.2, -0.15) is 0 Å². The van der Waals surface area contributed by atoms with Crippen molar-refractivity contribution in [2.75, 3.05) is 13.1 Å². The lowest BCUT2D eigenvalue weighted by Gasteiger charge is -2.04. The number of halogens is 1. The van der Waals surface area contributed by atoms with Gasteiger partial charge in [0.2, 0.25) is 0 Å². The summed E-state index contributed by atoms with van der Waals surface area (Å²) in [6.07, 6.45) is 7.07. The molecule has 1 aliphatic carbocycles. The van der Waals surface area contributed by atoms with Crippen LogP contribution in [0.3, 0.4) is 0 Å². The Morgan fingerprint density at radius 1 is 1.30 bits per heavy atom. The summed E-state index contributed by atoms with van der Waals surface area (Å²) in [5, 5.41) is 3.34. The van der Waals surface area contributed by atoms with Gasteiger partial charge in [0.25, 0.3) is 0 Å². The van der Waals surface area contributed by atoms with Crippen LogP contribution in [0.25, 0.3) is 0 Å². The van der Waals surface area contributed by atoms with Crippen LogP contribution < -0.4 is 5.32 Å². The first-order valence-corrected chi connectivity index (χ1v) is 3.55. The zero-order valence-electron chi connectivity index (χ0n) is 5.89. The van der Waals surface area contributed by atoms with E-state index < -0.39 is 0 Å². The van der Waals surface area contributed by atoms with Crippen LogP contribution in [0.2, 0.25) is 0 Å². The quantitative estimate of drug-likeness (QED) is 0.564. The van der Waals surface area contributed by atoms with Gasteiger partial charge in [-0.1, -0.05) is 17.7 Å². The first-order valence-electron chi connectivity index (χ1n) is 3.55. The fourth-order valence-electron chi connectivity index (χ4n) is 1.50. The third kappa shape index (κ3) is 1.25. The maximum absolute atomic E-state index is 3.34. The molecule has 0 aromatic rings. The fraction of sp³-hybridized carbons (Fsp3) is 0.500. The fourth-order valence-corrected chi connectivity index (χ4v) is 1.50. The monoisotopic (exact) mass is 157 g/mol. The number of allylic oxidation sites excluding steroid dienone is 1. The van der Waals surface area contributed by atoms with Crippen LogP contribution in [0.4, 0.5) is 0 Å². The van der Waals surface area contributed by atoms with Gasteiger partial charge >= 0.3 is 0 Å². The number of nitrogens with one attached hydrogen (secondary N) is 1. The van der Waals surface area contributed by atoms with Crippen molar-refractivity contribution < 1.29 is 0 Å². The smallest absolute Gasteiger partial charge is 0.0208 e. The molecule has 0 bridgehead atoms. The van der Waals surface area contributed by atoms with Crippen molar-refractivity contribution in [3.8, 4) is 0 Å². The van der Waals surface area contributed by atoms with Gasteiger partial charge in [0.1, 0.15) is 0 Å². The average molecular weight is 158 g/mol. The van der Waals surface area contributed by atoms with Gasteiger partial charge in [-0.25, -0.2) is 0 Å². The third-order valence-corrected chi connectivity index (χ3v) is 2.04. The molecule has 0 aromatic heterocycles. The van der Waals surface area contributed by atoms with E-state index in [0.29, 0.717) is 0 Å². The van der Waals surface area contributed by atoms with Crippen molar-refractivity contribution in [1.82, 2.24) is 5.32 Å². The van der Waals surface area contributed by atoms with Crippen molar-refractivity contribution in [3.05, 3.63) is 23.3 Å². The molecule has 0 spiro atoms. The third-order valence-electron chi connectivity index (χ3n) is 2.04. The van der Waals surface area contributed by atoms with Gasteiger partial charge in [0, 0.05) is 13.1 Å². The molecule has 10 heavy (non-hydrogen) atoms. The molecule has 1 aliphatic heterocycles. The highest BCUT2D eigenvalue weighted by Crippen LogP contribution is 2.20. The molecule has 0 unspecified atom stereocenters. The predicted molar refractivity (Wildman–Crippen MR) is 45.5 cm³/mol. The summed E-state index contributed by atoms with van der Waals surface area (Å²) >= 11 is 0. The van der Waals surface area contributed by atoms with Crippen molar-refractivity contribution >= 4 is 12.4 Å². The number of hydrogen-bond donors (Lipinski definition) is 1. The lowest BCUT2D eigenvalue weighted by Crippen LogP contribution is -2.08. The van der Waals surface area contributed by atoms with Crippen molar-refractivity contribution in [3.63, 3.8) is 0 Å². The molecule has 0 saturated carbocycles. The first-order chi connectivity index (χ1) is 4.47. The second kappa shape index (κ2) is 3.22. The molecule has 0 atom stereocenters. The molecular weight excluding hydrogens is 146 g/mol. The minimum atomic E-state index is 0. The van der Waals surface area contributed by atoms with Crippen LogP contribution >= 0.6 is 12.4 Å². The number of rotatable bonds is 0. The lowest BCUT2D eigenvalue weighted by atomic mass is 10.0. The van der Waals surface area contributed by atoms with E-state index in [1.807, 2.05) is 0 Å². The Hall–Kier alpha value is -0.270. The molecule has 1 heterocycles. The molecule has 0 amide bonds. The van der Waals surface area contributed by atoms with Crippen LogP contribution in [0.15, 0.2) is 23.3 Å². The summed E-state index contributed by atoms with van der Waals surface area (Å²) in [5.74, 6) is 0. The van der Waals surface area contributed by atoms with Crippen LogP contribution in [-0.2, 0) is 0 Å². The van der Waals surface area contributed by atoms with Gasteiger partial charge in [0.05, 0.1) is 0 Å². The topological polar surface area (TPSA) is 12.0 Å². The Bertz CT molecular complexity index is 182. The summed E-state index contributed by atoms with van der Waals surface area (Å²) in [4.78, 5) is 0. The normalized spacial score (nSPS) is 22.4. The van der Waals surface area contributed by atoms with E-state index in [2.05, 4.69) is 17.5 Å². The molecule has 0 saturated heterocycles. The summed E-state index contributed by atoms with van der Waals surface area (Å²) in [7, 11) is 0. The van der Waals surface area contributed by atoms with Crippen LogP contribution in [-0.4, -0.2) is 13.1 Å². The zero-order chi connectivity index (χ0) is 6.10. The summed E-state index contributed by atoms with van der Waals surface area (Å²) in [6, 6.07) is 0. The second-order valence-corrected chi connectivity index (χ2v) is 2.67. The molecule has 0 radical (unpaired) electrons. The summed E-state index contributed by atoms with van der Waals surface area (Å²) < 4.78 is 0. The SMILES string of the molecule is C1=CC2=C(CC1)CNC2.Cl. The van der Waals surface area contributed by atoms with Crippen molar-refractivity contribution in [1.29, 1.82) is 0 Å². The number of hydrogen-bond acceptors (Lipinski definition) is 1. The Morgan fingerprint density at radius 2 is 2.20 bits per heavy atom. The lowest BCUT2D eigenvalue weighted by molar-refractivity contribution is 0.843. The van der Waals surface area contributed by atoms with E-state index in [4.69, 9.17) is 0 Å². The molecule has 2 heteroatoms. The van der Waals surface area contributed by atoms with E-state index in [9.17, 15) is 0 Å². The first kappa shape index (κ1) is 7.83. The molecule has 1 nitrogen and oxygen atoms in total. The van der Waals surface area contributed by atoms with Crippen molar-refractivity contribution in [2.24, 2.45) is 0 Å². The highest BCUT2D eigenvalue weighted by Gasteiger charge is 2.12. The highest BCUT2D eigenvalue weighted by molar-refractivity contribution is 5.85. The Kier molecular flexibility index (Phi) is 2.52. The molecule has 56 valence electrons. The van der Waals surface area contributed by atoms with Gasteiger partial charge in [-0.15, -0.1) is 12.4 Å². The molecule has 1 N–H and O–H groups in total. The minimum Gasteiger partial charge on any atom is -0.309 e. The molecular formula is C8H12ClN. The summed E-state index contributed by atoms with van der Waals surface area (Å²) in [6.45, 7) is 2.24. The molecule has 2 rings (SSSR count). The zero-order valence-corrected chi connectivity index (χ0v) is 6.71. The van der Waals surface area contributed by atoms with Crippen LogP contribution in [0, 0.1) is 0 Å². The van der Waals surface area contributed by atoms with E-state index in [1.165, 1.54) is 12.8 Å².